The van der Waals surface area contributed by atoms with E-state index in [1.54, 1.807) is 6.08 Å². The number of hydrogen-bond donors (Lipinski definition) is 12. The van der Waals surface area contributed by atoms with Gasteiger partial charge in [0.05, 0.1) is 38.6 Å². The van der Waals surface area contributed by atoms with E-state index < -0.39 is 124 Å². The van der Waals surface area contributed by atoms with Crippen LogP contribution in [0, 0.1) is 0 Å². The number of nitrogens with one attached hydrogen (secondary N) is 1. The molecule has 72 heavy (non-hydrogen) atoms. The highest BCUT2D eigenvalue weighted by molar-refractivity contribution is 5.76. The Labute approximate surface area is 424 Å². The summed E-state index contributed by atoms with van der Waals surface area (Å²) in [6, 6.07) is -1.01. The van der Waals surface area contributed by atoms with Crippen molar-refractivity contribution in [3.8, 4) is 0 Å². The van der Waals surface area contributed by atoms with Crippen LogP contribution in [0.1, 0.15) is 97.3 Å². The van der Waals surface area contributed by atoms with Crippen LogP contribution in [0.4, 0.5) is 0 Å². The van der Waals surface area contributed by atoms with Gasteiger partial charge in [0, 0.05) is 6.42 Å². The van der Waals surface area contributed by atoms with Crippen molar-refractivity contribution in [2.45, 2.75) is 202 Å². The second-order valence-corrected chi connectivity index (χ2v) is 17.9. The largest absolute Gasteiger partial charge is 0.394 e. The van der Waals surface area contributed by atoms with Gasteiger partial charge in [0.15, 0.2) is 18.9 Å². The number of aliphatic hydroxyl groups excluding tert-OH is 11. The lowest BCUT2D eigenvalue weighted by Gasteiger charge is -2.48. The van der Waals surface area contributed by atoms with Gasteiger partial charge in [-0.3, -0.25) is 4.79 Å². The smallest absolute Gasteiger partial charge is 0.220 e. The molecule has 0 aromatic rings. The molecule has 17 atom stereocenters. The van der Waals surface area contributed by atoms with E-state index in [9.17, 15) is 61.0 Å². The Morgan fingerprint density at radius 2 is 0.931 bits per heavy atom. The van der Waals surface area contributed by atoms with E-state index in [4.69, 9.17) is 28.4 Å². The number of carbonyl (C=O) groups excluding carboxylic acids is 1. The SMILES string of the molecule is CC/C=C\C/C=C\C/C=C\C/C=C\C/C=C\C/C=C\C/C=C\CCCC(=O)NC(COC1OC(CO)C(OC2OC(CO)C(OC3OC(CO)C(O)C(O)C3O)C(O)C2O)C(O)C1O)C(O)/C=C/CCCC. The van der Waals surface area contributed by atoms with Gasteiger partial charge < -0.3 is 89.9 Å². The van der Waals surface area contributed by atoms with Gasteiger partial charge in [-0.2, -0.15) is 0 Å². The molecule has 0 aromatic heterocycles. The zero-order chi connectivity index (χ0) is 52.7. The summed E-state index contributed by atoms with van der Waals surface area (Å²) >= 11 is 0. The molecular weight excluding hydrogens is 939 g/mol. The first-order chi connectivity index (χ1) is 34.8. The van der Waals surface area contributed by atoms with Crippen molar-refractivity contribution in [1.29, 1.82) is 0 Å². The van der Waals surface area contributed by atoms with E-state index in [2.05, 4.69) is 85.2 Å². The summed E-state index contributed by atoms with van der Waals surface area (Å²) in [7, 11) is 0. The van der Waals surface area contributed by atoms with Crippen LogP contribution >= 0.6 is 0 Å². The number of hydrogen-bond acceptors (Lipinski definition) is 18. The number of carbonyl (C=O) groups is 1. The number of unbranched alkanes of at least 4 members (excludes halogenated alkanes) is 3. The van der Waals surface area contributed by atoms with Crippen LogP contribution < -0.4 is 5.32 Å². The van der Waals surface area contributed by atoms with Gasteiger partial charge in [-0.15, -0.1) is 0 Å². The molecule has 19 nitrogen and oxygen atoms in total. The van der Waals surface area contributed by atoms with Gasteiger partial charge >= 0.3 is 0 Å². The molecule has 3 aliphatic heterocycles. The molecule has 3 fully saturated rings. The number of allylic oxidation sites excluding steroid dienone is 15. The minimum Gasteiger partial charge on any atom is -0.394 e. The normalized spacial score (nSPS) is 32.8. The monoisotopic (exact) mass is 1020 g/mol. The molecule has 3 saturated heterocycles. The Kier molecular flexibility index (Phi) is 32.0. The summed E-state index contributed by atoms with van der Waals surface area (Å²) in [6.07, 6.45) is 16.6. The summed E-state index contributed by atoms with van der Waals surface area (Å²) < 4.78 is 33.9. The van der Waals surface area contributed by atoms with Gasteiger partial charge in [0.2, 0.25) is 5.91 Å². The van der Waals surface area contributed by atoms with E-state index in [1.165, 1.54) is 6.08 Å². The van der Waals surface area contributed by atoms with Crippen molar-refractivity contribution in [2.75, 3.05) is 26.4 Å². The fourth-order valence-electron chi connectivity index (χ4n) is 7.87. The lowest BCUT2D eigenvalue weighted by atomic mass is 9.96. The lowest BCUT2D eigenvalue weighted by molar-refractivity contribution is -0.379. The summed E-state index contributed by atoms with van der Waals surface area (Å²) in [5.41, 5.74) is 0. The molecule has 410 valence electrons. The molecule has 17 unspecified atom stereocenters. The van der Waals surface area contributed by atoms with Crippen molar-refractivity contribution in [2.24, 2.45) is 0 Å². The minimum atomic E-state index is -1.99. The van der Waals surface area contributed by atoms with Crippen molar-refractivity contribution in [3.63, 3.8) is 0 Å². The summed E-state index contributed by atoms with van der Waals surface area (Å²) in [5, 5.41) is 119. The average Bonchev–Trinajstić information content (AvgIpc) is 3.38. The van der Waals surface area contributed by atoms with E-state index in [-0.39, 0.29) is 18.9 Å². The zero-order valence-electron chi connectivity index (χ0n) is 41.9. The van der Waals surface area contributed by atoms with Crippen molar-refractivity contribution < 1.29 is 89.4 Å². The Hall–Kier alpha value is -3.29. The Bertz CT molecular complexity index is 1700. The minimum absolute atomic E-state index is 0.154. The number of ether oxygens (including phenoxy) is 6. The Morgan fingerprint density at radius 3 is 1.40 bits per heavy atom. The molecule has 0 bridgehead atoms. The van der Waals surface area contributed by atoms with Gasteiger partial charge in [-0.1, -0.05) is 124 Å². The molecule has 3 rings (SSSR count). The topological polar surface area (TPSA) is 307 Å². The Balaban J connectivity index is 1.46. The number of amides is 1. The number of rotatable bonds is 33. The van der Waals surface area contributed by atoms with Gasteiger partial charge in [-0.05, 0) is 64.2 Å². The van der Waals surface area contributed by atoms with Gasteiger partial charge in [-0.25, -0.2) is 0 Å². The predicted octanol–water partition coefficient (Wildman–Crippen LogP) is 1.86. The Morgan fingerprint density at radius 1 is 0.514 bits per heavy atom. The van der Waals surface area contributed by atoms with Gasteiger partial charge in [0.1, 0.15) is 73.2 Å². The third kappa shape index (κ3) is 21.9. The molecule has 0 aromatic carbocycles. The molecule has 1 amide bonds. The molecule has 0 saturated carbocycles. The zero-order valence-corrected chi connectivity index (χ0v) is 41.9. The van der Waals surface area contributed by atoms with Crippen LogP contribution in [-0.2, 0) is 33.2 Å². The van der Waals surface area contributed by atoms with Crippen LogP contribution in [-0.4, -0.2) is 193 Å². The molecule has 3 aliphatic rings. The second-order valence-electron chi connectivity index (χ2n) is 17.9. The maximum Gasteiger partial charge on any atom is 0.220 e. The summed E-state index contributed by atoms with van der Waals surface area (Å²) in [6.45, 7) is 1.32. The highest BCUT2D eigenvalue weighted by atomic mass is 16.8. The molecule has 3 heterocycles. The van der Waals surface area contributed by atoms with E-state index >= 15 is 0 Å². The van der Waals surface area contributed by atoms with E-state index in [1.807, 2.05) is 19.1 Å². The number of aliphatic hydroxyl groups is 11. The van der Waals surface area contributed by atoms with Crippen LogP contribution in [0.15, 0.2) is 97.2 Å². The average molecular weight is 1020 g/mol. The first-order valence-electron chi connectivity index (χ1n) is 25.5. The van der Waals surface area contributed by atoms with E-state index in [0.717, 1.165) is 57.8 Å². The second kappa shape index (κ2) is 36.6. The molecule has 0 radical (unpaired) electrons. The summed E-state index contributed by atoms with van der Waals surface area (Å²) in [4.78, 5) is 13.1. The first-order valence-corrected chi connectivity index (χ1v) is 25.5. The van der Waals surface area contributed by atoms with Crippen LogP contribution in [0.5, 0.6) is 0 Å². The quantitative estimate of drug-likeness (QED) is 0.0330. The third-order valence-electron chi connectivity index (χ3n) is 12.1. The predicted molar refractivity (Wildman–Crippen MR) is 267 cm³/mol. The van der Waals surface area contributed by atoms with E-state index in [0.29, 0.717) is 19.3 Å². The van der Waals surface area contributed by atoms with Crippen molar-refractivity contribution in [3.05, 3.63) is 97.2 Å². The maximum absolute atomic E-state index is 13.1. The van der Waals surface area contributed by atoms with Crippen molar-refractivity contribution >= 4 is 5.91 Å². The van der Waals surface area contributed by atoms with Crippen LogP contribution in [0.2, 0.25) is 0 Å². The van der Waals surface area contributed by atoms with Gasteiger partial charge in [0.25, 0.3) is 0 Å². The first kappa shape index (κ1) is 63.0. The summed E-state index contributed by atoms with van der Waals surface area (Å²) in [5.74, 6) is -0.350. The standard InChI is InChI=1S/C53H85NO18/c1-3-5-7-9-10-11-12-13-14-15-16-17-18-19-20-21-22-23-24-25-26-27-29-31-41(59)54-36(37(58)30-28-8-6-4-2)35-67-51-47(65)44(62)49(39(33-56)69-51)72-53-48(66)45(63)50(40(34-57)70-53)71-52-46(64)43(61)42(60)38(32-55)68-52/h5,7,10-11,13-14,16-17,19-20,22-23,25-26,28,30,36-40,42-53,55-58,60-66H,3-4,6,8-9,12,15,18,21,24,27,29,31-35H2,1-2H3,(H,54,59)/b7-5-,11-10-,14-13-,17-16-,20-19-,23-22-,26-25-,30-28+. The molecular formula is C53H85NO18. The molecule has 19 heteroatoms. The van der Waals surface area contributed by atoms with Crippen molar-refractivity contribution in [1.82, 2.24) is 5.32 Å². The highest BCUT2D eigenvalue weighted by Crippen LogP contribution is 2.33. The third-order valence-corrected chi connectivity index (χ3v) is 12.1. The lowest BCUT2D eigenvalue weighted by Crippen LogP contribution is -2.66. The van der Waals surface area contributed by atoms with Crippen LogP contribution in [0.3, 0.4) is 0 Å². The molecule has 0 spiro atoms. The maximum atomic E-state index is 13.1. The van der Waals surface area contributed by atoms with Crippen LogP contribution in [0.25, 0.3) is 0 Å². The fraction of sp³-hybridized carbons (Fsp3) is 0.679. The molecule has 12 N–H and O–H groups in total. The highest BCUT2D eigenvalue weighted by Gasteiger charge is 2.53. The fourth-order valence-corrected chi connectivity index (χ4v) is 7.87. The molecule has 0 aliphatic carbocycles.